The lowest BCUT2D eigenvalue weighted by Crippen LogP contribution is -2.28. The van der Waals surface area contributed by atoms with E-state index in [1.807, 2.05) is 0 Å². The molecule has 0 saturated heterocycles. The molecule has 2 N–H and O–H groups in total. The van der Waals surface area contributed by atoms with E-state index in [-0.39, 0.29) is 17.2 Å². The van der Waals surface area contributed by atoms with Gasteiger partial charge in [0.15, 0.2) is 5.69 Å². The Balaban J connectivity index is 1.62. The zero-order valence-electron chi connectivity index (χ0n) is 13.2. The maximum Gasteiger partial charge on any atom is 0.272 e. The molecule has 0 radical (unpaired) electrons. The Morgan fingerprint density at radius 2 is 1.83 bits per heavy atom. The predicted octanol–water partition coefficient (Wildman–Crippen LogP) is 2.75. The molecule has 24 heavy (non-hydrogen) atoms. The molecule has 0 aliphatic carbocycles. The molecule has 0 atom stereocenters. The number of carbonyl (C=O) groups is 1. The second kappa shape index (κ2) is 7.31. The fraction of sp³-hybridized carbons (Fsp3) is 0.167. The summed E-state index contributed by atoms with van der Waals surface area (Å²) < 4.78 is 0. The molecule has 3 rings (SSSR count). The highest BCUT2D eigenvalue weighted by Gasteiger charge is 2.13. The third kappa shape index (κ3) is 3.65. The number of thioether (sulfide) groups is 1. The number of carbonyl (C=O) groups excluding carboxylic acids is 1. The number of nitrogens with one attached hydrogen (secondary N) is 2. The van der Waals surface area contributed by atoms with Crippen LogP contribution in [-0.4, -0.2) is 28.4 Å². The van der Waals surface area contributed by atoms with Gasteiger partial charge in [0.05, 0.1) is 5.39 Å². The number of H-pyrrole nitrogens is 1. The second-order valence-corrected chi connectivity index (χ2v) is 6.53. The van der Waals surface area contributed by atoms with Crippen molar-refractivity contribution in [1.82, 2.24) is 15.5 Å². The van der Waals surface area contributed by atoms with Crippen molar-refractivity contribution < 1.29 is 4.79 Å². The molecular weight excluding hydrogens is 322 g/mol. The van der Waals surface area contributed by atoms with Crippen LogP contribution in [0.3, 0.4) is 0 Å². The molecule has 0 spiro atoms. The summed E-state index contributed by atoms with van der Waals surface area (Å²) >= 11 is 1.68. The Morgan fingerprint density at radius 3 is 2.58 bits per heavy atom. The molecule has 0 saturated carbocycles. The van der Waals surface area contributed by atoms with Gasteiger partial charge in [0.1, 0.15) is 0 Å². The smallest absolute Gasteiger partial charge is 0.272 e. The molecular formula is C18H17N3O2S. The largest absolute Gasteiger partial charge is 0.350 e. The van der Waals surface area contributed by atoms with Crippen molar-refractivity contribution in [3.8, 4) is 0 Å². The zero-order valence-corrected chi connectivity index (χ0v) is 14.0. The molecule has 1 aromatic heterocycles. The Bertz CT molecular complexity index is 919. The summed E-state index contributed by atoms with van der Waals surface area (Å²) in [4.78, 5) is 25.2. The summed E-state index contributed by atoms with van der Waals surface area (Å²) in [5, 5.41) is 10.1. The average Bonchev–Trinajstić information content (AvgIpc) is 2.60. The van der Waals surface area contributed by atoms with Crippen molar-refractivity contribution in [2.24, 2.45) is 0 Å². The maximum absolute atomic E-state index is 12.3. The highest BCUT2D eigenvalue weighted by atomic mass is 32.2. The van der Waals surface area contributed by atoms with Crippen LogP contribution in [0.2, 0.25) is 0 Å². The number of nitrogens with zero attached hydrogens (tertiary/aromatic N) is 1. The fourth-order valence-corrected chi connectivity index (χ4v) is 3.11. The zero-order chi connectivity index (χ0) is 16.9. The van der Waals surface area contributed by atoms with Gasteiger partial charge in [-0.15, -0.1) is 11.8 Å². The summed E-state index contributed by atoms with van der Waals surface area (Å²) in [6.45, 7) is 2.57. The first-order chi connectivity index (χ1) is 11.6. The number of aromatic amines is 1. The van der Waals surface area contributed by atoms with E-state index in [0.717, 1.165) is 5.75 Å². The van der Waals surface area contributed by atoms with Gasteiger partial charge in [0.2, 0.25) is 0 Å². The topological polar surface area (TPSA) is 74.8 Å². The van der Waals surface area contributed by atoms with Crippen molar-refractivity contribution in [2.75, 3.05) is 12.3 Å². The molecule has 1 amide bonds. The molecule has 0 aliphatic rings. The van der Waals surface area contributed by atoms with Crippen LogP contribution in [-0.2, 0) is 0 Å². The highest BCUT2D eigenvalue weighted by molar-refractivity contribution is 7.99. The van der Waals surface area contributed by atoms with Gasteiger partial charge in [-0.1, -0.05) is 35.9 Å². The van der Waals surface area contributed by atoms with Gasteiger partial charge < -0.3 is 5.32 Å². The lowest BCUT2D eigenvalue weighted by molar-refractivity contribution is 0.0952. The molecule has 0 fully saturated rings. The van der Waals surface area contributed by atoms with Crippen molar-refractivity contribution in [3.63, 3.8) is 0 Å². The number of hydrogen-bond acceptors (Lipinski definition) is 4. The standard InChI is InChI=1S/C18H17N3O2S/c1-12-6-8-13(9-7-12)24-11-10-19-18(23)16-14-4-2-3-5-15(14)17(22)21-20-16/h2-9H,10-11H2,1H3,(H,19,23)(H,21,22). The summed E-state index contributed by atoms with van der Waals surface area (Å²) in [5.41, 5.74) is 1.17. The SMILES string of the molecule is Cc1ccc(SCCNC(=O)c2n[nH]c(=O)c3ccccc23)cc1. The number of rotatable bonds is 5. The number of amides is 1. The van der Waals surface area contributed by atoms with Crippen molar-refractivity contribution >= 4 is 28.4 Å². The van der Waals surface area contributed by atoms with Gasteiger partial charge in [-0.3, -0.25) is 9.59 Å². The Kier molecular flexibility index (Phi) is 4.96. The van der Waals surface area contributed by atoms with Gasteiger partial charge in [0, 0.05) is 22.6 Å². The van der Waals surface area contributed by atoms with E-state index >= 15 is 0 Å². The number of fused-ring (bicyclic) bond motifs is 1. The van der Waals surface area contributed by atoms with E-state index in [9.17, 15) is 9.59 Å². The number of benzene rings is 2. The average molecular weight is 339 g/mol. The normalized spacial score (nSPS) is 10.7. The third-order valence-corrected chi connectivity index (χ3v) is 4.60. The molecule has 3 aromatic rings. The van der Waals surface area contributed by atoms with Gasteiger partial charge in [-0.2, -0.15) is 5.10 Å². The monoisotopic (exact) mass is 339 g/mol. The first-order valence-electron chi connectivity index (χ1n) is 7.60. The minimum atomic E-state index is -0.294. The summed E-state index contributed by atoms with van der Waals surface area (Å²) in [6, 6.07) is 15.2. The van der Waals surface area contributed by atoms with Gasteiger partial charge in [0.25, 0.3) is 11.5 Å². The van der Waals surface area contributed by atoms with Crippen LogP contribution < -0.4 is 10.9 Å². The van der Waals surface area contributed by atoms with Crippen LogP contribution >= 0.6 is 11.8 Å². The van der Waals surface area contributed by atoms with E-state index in [1.54, 1.807) is 36.0 Å². The molecule has 122 valence electrons. The van der Waals surface area contributed by atoms with Crippen LogP contribution in [0.25, 0.3) is 10.8 Å². The van der Waals surface area contributed by atoms with Gasteiger partial charge >= 0.3 is 0 Å². The number of hydrogen-bond donors (Lipinski definition) is 2. The maximum atomic E-state index is 12.3. The molecule has 0 aliphatic heterocycles. The summed E-state index contributed by atoms with van der Waals surface area (Å²) in [7, 11) is 0. The van der Waals surface area contributed by atoms with E-state index in [1.165, 1.54) is 10.5 Å². The molecule has 6 heteroatoms. The molecule has 5 nitrogen and oxygen atoms in total. The Morgan fingerprint density at radius 1 is 1.12 bits per heavy atom. The van der Waals surface area contributed by atoms with Crippen molar-refractivity contribution in [2.45, 2.75) is 11.8 Å². The van der Waals surface area contributed by atoms with E-state index in [4.69, 9.17) is 0 Å². The minimum absolute atomic E-state index is 0.241. The lowest BCUT2D eigenvalue weighted by atomic mass is 10.1. The summed E-state index contributed by atoms with van der Waals surface area (Å²) in [6.07, 6.45) is 0. The highest BCUT2D eigenvalue weighted by Crippen LogP contribution is 2.17. The van der Waals surface area contributed by atoms with E-state index in [0.29, 0.717) is 17.3 Å². The Hall–Kier alpha value is -2.60. The van der Waals surface area contributed by atoms with Crippen LogP contribution in [0.4, 0.5) is 0 Å². The van der Waals surface area contributed by atoms with Crippen LogP contribution in [0.15, 0.2) is 58.2 Å². The minimum Gasteiger partial charge on any atom is -0.350 e. The molecule has 1 heterocycles. The van der Waals surface area contributed by atoms with Crippen molar-refractivity contribution in [1.29, 1.82) is 0 Å². The van der Waals surface area contributed by atoms with Crippen LogP contribution in [0.5, 0.6) is 0 Å². The molecule has 2 aromatic carbocycles. The van der Waals surface area contributed by atoms with Crippen LogP contribution in [0.1, 0.15) is 16.1 Å². The van der Waals surface area contributed by atoms with E-state index < -0.39 is 0 Å². The van der Waals surface area contributed by atoms with Crippen molar-refractivity contribution in [3.05, 3.63) is 70.1 Å². The fourth-order valence-electron chi connectivity index (χ4n) is 2.34. The van der Waals surface area contributed by atoms with Gasteiger partial charge in [-0.05, 0) is 25.1 Å². The van der Waals surface area contributed by atoms with E-state index in [2.05, 4.69) is 46.7 Å². The first-order valence-corrected chi connectivity index (χ1v) is 8.59. The predicted molar refractivity (Wildman–Crippen MR) is 96.6 cm³/mol. The quantitative estimate of drug-likeness (QED) is 0.554. The molecule has 0 bridgehead atoms. The first kappa shape index (κ1) is 16.3. The third-order valence-electron chi connectivity index (χ3n) is 3.59. The summed E-state index contributed by atoms with van der Waals surface area (Å²) in [5.74, 6) is 0.475. The second-order valence-electron chi connectivity index (χ2n) is 5.36. The number of aryl methyl sites for hydroxylation is 1. The van der Waals surface area contributed by atoms with Crippen LogP contribution in [0, 0.1) is 6.92 Å². The Labute approximate surface area is 143 Å². The number of aromatic nitrogens is 2. The lowest BCUT2D eigenvalue weighted by Gasteiger charge is -2.07. The molecule has 0 unspecified atom stereocenters. The van der Waals surface area contributed by atoms with Gasteiger partial charge in [-0.25, -0.2) is 5.10 Å².